The van der Waals surface area contributed by atoms with Crippen LogP contribution in [-0.4, -0.2) is 37.5 Å². The van der Waals surface area contributed by atoms with E-state index in [9.17, 15) is 9.90 Å². The van der Waals surface area contributed by atoms with Gasteiger partial charge in [0.1, 0.15) is 5.75 Å². The van der Waals surface area contributed by atoms with E-state index in [0.717, 1.165) is 0 Å². The standard InChI is InChI=1S/C15H20O5/c1-3-19-14(17)13(16)11-4-6-12(7-5-11)20-10-15(2)8-18-9-15/h4-7,13,16H,3,8-10H2,1-2H3. The second-order valence-corrected chi connectivity index (χ2v) is 5.32. The topological polar surface area (TPSA) is 65.0 Å². The summed E-state index contributed by atoms with van der Waals surface area (Å²) < 4.78 is 15.6. The van der Waals surface area contributed by atoms with Crippen molar-refractivity contribution in [1.29, 1.82) is 0 Å². The van der Waals surface area contributed by atoms with Gasteiger partial charge in [-0.3, -0.25) is 0 Å². The van der Waals surface area contributed by atoms with E-state index in [-0.39, 0.29) is 12.0 Å². The van der Waals surface area contributed by atoms with E-state index in [0.29, 0.717) is 31.1 Å². The molecule has 2 rings (SSSR count). The van der Waals surface area contributed by atoms with Crippen molar-refractivity contribution in [2.75, 3.05) is 26.4 Å². The number of hydrogen-bond donors (Lipinski definition) is 1. The van der Waals surface area contributed by atoms with E-state index >= 15 is 0 Å². The molecule has 1 aromatic carbocycles. The molecule has 1 heterocycles. The average molecular weight is 280 g/mol. The lowest BCUT2D eigenvalue weighted by Crippen LogP contribution is -2.44. The van der Waals surface area contributed by atoms with Crippen LogP contribution in [0.4, 0.5) is 0 Å². The predicted molar refractivity (Wildman–Crippen MR) is 72.5 cm³/mol. The molecule has 0 radical (unpaired) electrons. The average Bonchev–Trinajstić information content (AvgIpc) is 2.43. The first kappa shape index (κ1) is 14.8. The van der Waals surface area contributed by atoms with Crippen molar-refractivity contribution in [1.82, 2.24) is 0 Å². The summed E-state index contributed by atoms with van der Waals surface area (Å²) in [6.07, 6.45) is -1.25. The molecular formula is C15H20O5. The smallest absolute Gasteiger partial charge is 0.339 e. The van der Waals surface area contributed by atoms with Gasteiger partial charge >= 0.3 is 5.97 Å². The first-order valence-electron chi connectivity index (χ1n) is 6.69. The largest absolute Gasteiger partial charge is 0.493 e. The fourth-order valence-corrected chi connectivity index (χ4v) is 1.90. The molecule has 0 amide bonds. The van der Waals surface area contributed by atoms with Gasteiger partial charge in [-0.2, -0.15) is 0 Å². The normalized spacial score (nSPS) is 17.9. The fraction of sp³-hybridized carbons (Fsp3) is 0.533. The highest BCUT2D eigenvalue weighted by atomic mass is 16.5. The Morgan fingerprint density at radius 3 is 2.55 bits per heavy atom. The number of carbonyl (C=O) groups excluding carboxylic acids is 1. The Morgan fingerprint density at radius 1 is 1.40 bits per heavy atom. The summed E-state index contributed by atoms with van der Waals surface area (Å²) in [5.74, 6) is 0.0678. The first-order valence-corrected chi connectivity index (χ1v) is 6.69. The Kier molecular flexibility index (Phi) is 4.62. The summed E-state index contributed by atoms with van der Waals surface area (Å²) >= 11 is 0. The molecule has 5 heteroatoms. The van der Waals surface area contributed by atoms with Gasteiger partial charge in [0, 0.05) is 5.41 Å². The van der Waals surface area contributed by atoms with Crippen LogP contribution in [0, 0.1) is 5.41 Å². The van der Waals surface area contributed by atoms with Crippen LogP contribution in [0.5, 0.6) is 5.75 Å². The van der Waals surface area contributed by atoms with Gasteiger partial charge in [0.05, 0.1) is 26.4 Å². The minimum absolute atomic E-state index is 0.0864. The van der Waals surface area contributed by atoms with Crippen LogP contribution in [0.2, 0.25) is 0 Å². The van der Waals surface area contributed by atoms with Gasteiger partial charge in [0.15, 0.2) is 6.10 Å². The first-order chi connectivity index (χ1) is 9.54. The number of hydrogen-bond acceptors (Lipinski definition) is 5. The van der Waals surface area contributed by atoms with E-state index in [1.54, 1.807) is 31.2 Å². The molecule has 0 spiro atoms. The molecule has 1 aromatic rings. The van der Waals surface area contributed by atoms with Crippen molar-refractivity contribution >= 4 is 5.97 Å². The summed E-state index contributed by atoms with van der Waals surface area (Å²) in [4.78, 5) is 11.4. The highest BCUT2D eigenvalue weighted by Gasteiger charge is 2.34. The maximum absolute atomic E-state index is 11.4. The lowest BCUT2D eigenvalue weighted by Gasteiger charge is -2.37. The number of rotatable bonds is 6. The molecule has 0 saturated carbocycles. The van der Waals surface area contributed by atoms with E-state index in [2.05, 4.69) is 6.92 Å². The number of benzene rings is 1. The van der Waals surface area contributed by atoms with Crippen molar-refractivity contribution in [2.45, 2.75) is 20.0 Å². The Bertz CT molecular complexity index is 450. The summed E-state index contributed by atoms with van der Waals surface area (Å²) in [7, 11) is 0. The van der Waals surface area contributed by atoms with Crippen molar-refractivity contribution < 1.29 is 24.1 Å². The van der Waals surface area contributed by atoms with E-state index in [1.165, 1.54) is 0 Å². The van der Waals surface area contributed by atoms with Crippen LogP contribution >= 0.6 is 0 Å². The van der Waals surface area contributed by atoms with Crippen LogP contribution in [-0.2, 0) is 14.3 Å². The lowest BCUT2D eigenvalue weighted by atomic mass is 9.90. The molecule has 1 saturated heterocycles. The van der Waals surface area contributed by atoms with Gasteiger partial charge in [0.25, 0.3) is 0 Å². The number of aliphatic hydroxyl groups excluding tert-OH is 1. The molecule has 5 nitrogen and oxygen atoms in total. The van der Waals surface area contributed by atoms with Crippen LogP contribution < -0.4 is 4.74 Å². The van der Waals surface area contributed by atoms with Gasteiger partial charge in [-0.25, -0.2) is 4.79 Å². The molecule has 1 N–H and O–H groups in total. The highest BCUT2D eigenvalue weighted by Crippen LogP contribution is 2.28. The monoisotopic (exact) mass is 280 g/mol. The van der Waals surface area contributed by atoms with E-state index < -0.39 is 12.1 Å². The Hall–Kier alpha value is -1.59. The molecular weight excluding hydrogens is 260 g/mol. The molecule has 1 aliphatic heterocycles. The Labute approximate surface area is 118 Å². The summed E-state index contributed by atoms with van der Waals surface area (Å²) in [6.45, 7) is 6.07. The van der Waals surface area contributed by atoms with Crippen molar-refractivity contribution in [3.63, 3.8) is 0 Å². The summed E-state index contributed by atoms with van der Waals surface area (Å²) in [6, 6.07) is 6.80. The van der Waals surface area contributed by atoms with Gasteiger partial charge in [-0.05, 0) is 24.6 Å². The lowest BCUT2D eigenvalue weighted by molar-refractivity contribution is -0.153. The molecule has 110 valence electrons. The number of esters is 1. The predicted octanol–water partition coefficient (Wildman–Crippen LogP) is 1.70. The van der Waals surface area contributed by atoms with Crippen LogP contribution in [0.1, 0.15) is 25.5 Å². The zero-order valence-electron chi connectivity index (χ0n) is 11.8. The van der Waals surface area contributed by atoms with Crippen LogP contribution in [0.3, 0.4) is 0 Å². The van der Waals surface area contributed by atoms with Gasteiger partial charge in [-0.1, -0.05) is 19.1 Å². The van der Waals surface area contributed by atoms with Gasteiger partial charge in [-0.15, -0.1) is 0 Å². The van der Waals surface area contributed by atoms with Crippen molar-refractivity contribution in [3.05, 3.63) is 29.8 Å². The van der Waals surface area contributed by atoms with Crippen LogP contribution in [0.25, 0.3) is 0 Å². The highest BCUT2D eigenvalue weighted by molar-refractivity contribution is 5.76. The third-order valence-electron chi connectivity index (χ3n) is 3.19. The molecule has 0 aliphatic carbocycles. The summed E-state index contributed by atoms with van der Waals surface area (Å²) in [5.41, 5.74) is 0.581. The maximum Gasteiger partial charge on any atom is 0.339 e. The Balaban J connectivity index is 1.90. The molecule has 0 aromatic heterocycles. The molecule has 1 fully saturated rings. The Morgan fingerprint density at radius 2 is 2.05 bits per heavy atom. The zero-order valence-corrected chi connectivity index (χ0v) is 11.8. The van der Waals surface area contributed by atoms with E-state index in [1.807, 2.05) is 0 Å². The molecule has 1 aliphatic rings. The fourth-order valence-electron chi connectivity index (χ4n) is 1.90. The molecule has 20 heavy (non-hydrogen) atoms. The number of aliphatic hydroxyl groups is 1. The summed E-state index contributed by atoms with van der Waals surface area (Å²) in [5, 5.41) is 9.79. The molecule has 1 atom stereocenters. The zero-order chi connectivity index (χ0) is 14.6. The molecule has 1 unspecified atom stereocenters. The van der Waals surface area contributed by atoms with Crippen molar-refractivity contribution in [2.24, 2.45) is 5.41 Å². The van der Waals surface area contributed by atoms with Crippen molar-refractivity contribution in [3.8, 4) is 5.75 Å². The second kappa shape index (κ2) is 6.24. The van der Waals surface area contributed by atoms with E-state index in [4.69, 9.17) is 14.2 Å². The van der Waals surface area contributed by atoms with Crippen LogP contribution in [0.15, 0.2) is 24.3 Å². The maximum atomic E-state index is 11.4. The minimum atomic E-state index is -1.25. The minimum Gasteiger partial charge on any atom is -0.493 e. The SMILES string of the molecule is CCOC(=O)C(O)c1ccc(OCC2(C)COC2)cc1. The second-order valence-electron chi connectivity index (χ2n) is 5.32. The van der Waals surface area contributed by atoms with Gasteiger partial charge in [0.2, 0.25) is 0 Å². The third kappa shape index (κ3) is 3.49. The van der Waals surface area contributed by atoms with Gasteiger partial charge < -0.3 is 19.3 Å². The molecule has 0 bridgehead atoms. The number of carbonyl (C=O) groups is 1. The third-order valence-corrected chi connectivity index (χ3v) is 3.19. The number of ether oxygens (including phenoxy) is 3. The quantitative estimate of drug-likeness (QED) is 0.803.